The van der Waals surface area contributed by atoms with E-state index in [1.165, 1.54) is 6.92 Å². The van der Waals surface area contributed by atoms with Crippen LogP contribution >= 0.6 is 22.6 Å². The Labute approximate surface area is 193 Å². The predicted molar refractivity (Wildman–Crippen MR) is 120 cm³/mol. The number of nitrogens with one attached hydrogen (secondary N) is 2. The molecule has 2 N–H and O–H groups in total. The van der Waals surface area contributed by atoms with Crippen LogP contribution in [0.3, 0.4) is 0 Å². The molecule has 162 valence electrons. The molecule has 0 radical (unpaired) electrons. The van der Waals surface area contributed by atoms with Crippen LogP contribution in [0.2, 0.25) is 0 Å². The third-order valence-corrected chi connectivity index (χ3v) is 7.32. The van der Waals surface area contributed by atoms with Crippen LogP contribution in [0.4, 0.5) is 5.69 Å². The molecular formula is C22H22IN3O5. The number of benzene rings is 1. The van der Waals surface area contributed by atoms with Gasteiger partial charge in [0, 0.05) is 47.0 Å². The molecule has 0 spiro atoms. The van der Waals surface area contributed by atoms with E-state index >= 15 is 0 Å². The Morgan fingerprint density at radius 1 is 1.29 bits per heavy atom. The number of carbonyl (C=O) groups excluding carboxylic acids is 3. The Kier molecular flexibility index (Phi) is 4.76. The van der Waals surface area contributed by atoms with Gasteiger partial charge in [0.15, 0.2) is 5.72 Å². The Balaban J connectivity index is 1.56. The highest BCUT2D eigenvalue weighted by molar-refractivity contribution is 14.1. The molecule has 8 nitrogen and oxygen atoms in total. The molecule has 0 aromatic heterocycles. The minimum atomic E-state index is -0.922. The van der Waals surface area contributed by atoms with E-state index in [-0.39, 0.29) is 36.0 Å². The third-order valence-electron chi connectivity index (χ3n) is 6.60. The van der Waals surface area contributed by atoms with Crippen molar-refractivity contribution >= 4 is 45.8 Å². The molecule has 31 heavy (non-hydrogen) atoms. The second kappa shape index (κ2) is 7.14. The van der Waals surface area contributed by atoms with Crippen molar-refractivity contribution in [3.63, 3.8) is 0 Å². The number of nitrogens with zero attached hydrogens (tertiary/aromatic N) is 1. The second-order valence-electron chi connectivity index (χ2n) is 8.23. The molecule has 4 aliphatic rings. The first-order chi connectivity index (χ1) is 14.8. The predicted octanol–water partition coefficient (Wildman–Crippen LogP) is 1.57. The zero-order valence-electron chi connectivity index (χ0n) is 17.3. The Hall–Kier alpha value is -2.24. The number of carbonyl (C=O) groups is 3. The van der Waals surface area contributed by atoms with Crippen LogP contribution in [0.5, 0.6) is 0 Å². The number of halogens is 1. The minimum Gasteiger partial charge on any atom is -0.465 e. The third kappa shape index (κ3) is 2.90. The van der Waals surface area contributed by atoms with Crippen LogP contribution in [0.25, 0.3) is 0 Å². The summed E-state index contributed by atoms with van der Waals surface area (Å²) >= 11 is 2.21. The van der Waals surface area contributed by atoms with Gasteiger partial charge >= 0.3 is 5.97 Å². The van der Waals surface area contributed by atoms with E-state index in [1.807, 2.05) is 29.2 Å². The molecule has 1 aliphatic carbocycles. The fourth-order valence-electron chi connectivity index (χ4n) is 5.15. The van der Waals surface area contributed by atoms with Crippen molar-refractivity contribution in [3.8, 4) is 0 Å². The molecule has 0 unspecified atom stereocenters. The molecule has 0 saturated carbocycles. The molecule has 1 aromatic rings. The molecule has 2 fully saturated rings. The summed E-state index contributed by atoms with van der Waals surface area (Å²) in [7, 11) is 1.58. The number of anilines is 1. The number of rotatable bonds is 5. The highest BCUT2D eigenvalue weighted by atomic mass is 127. The normalized spacial score (nSPS) is 31.0. The number of hydrogen-bond acceptors (Lipinski definition) is 8. The van der Waals surface area contributed by atoms with Crippen molar-refractivity contribution in [1.82, 2.24) is 10.2 Å². The van der Waals surface area contributed by atoms with Gasteiger partial charge in [0.1, 0.15) is 6.61 Å². The maximum absolute atomic E-state index is 13.7. The van der Waals surface area contributed by atoms with Gasteiger partial charge in [-0.15, -0.1) is 0 Å². The molecule has 3 aliphatic heterocycles. The average molecular weight is 535 g/mol. The van der Waals surface area contributed by atoms with E-state index in [1.54, 1.807) is 14.0 Å². The van der Waals surface area contributed by atoms with Gasteiger partial charge in [0.2, 0.25) is 11.6 Å². The van der Waals surface area contributed by atoms with E-state index in [9.17, 15) is 14.4 Å². The van der Waals surface area contributed by atoms with Crippen LogP contribution in [-0.2, 0) is 23.9 Å². The summed E-state index contributed by atoms with van der Waals surface area (Å²) in [6, 6.07) is 7.73. The Bertz CT molecular complexity index is 1080. The van der Waals surface area contributed by atoms with Crippen molar-refractivity contribution in [2.45, 2.75) is 31.7 Å². The number of Topliss-reactive ketones (excluding diaryl/α,β-unsaturated/α-hetero) is 2. The lowest BCUT2D eigenvalue weighted by atomic mass is 9.82. The number of allylic oxidation sites excluding steroid dienone is 2. The second-order valence-corrected chi connectivity index (χ2v) is 9.47. The lowest BCUT2D eigenvalue weighted by Crippen LogP contribution is -2.55. The summed E-state index contributed by atoms with van der Waals surface area (Å²) < 4.78 is 12.4. The SMILES string of the molecule is CO[C@@]12[C@H](COC(C)=O)C3=C(C(=O)C(C)=C(Nc4ccc(I)cc4)C3=O)N1C[C@@H]1N[C@@H]12. The van der Waals surface area contributed by atoms with E-state index in [0.29, 0.717) is 23.4 Å². The van der Waals surface area contributed by atoms with Gasteiger partial charge in [0.25, 0.3) is 0 Å². The summed E-state index contributed by atoms with van der Waals surface area (Å²) in [5, 5.41) is 6.51. The summed E-state index contributed by atoms with van der Waals surface area (Å²) in [5.41, 5.74) is 1.16. The van der Waals surface area contributed by atoms with Crippen LogP contribution in [0, 0.1) is 9.49 Å². The van der Waals surface area contributed by atoms with Crippen molar-refractivity contribution in [2.75, 3.05) is 25.6 Å². The van der Waals surface area contributed by atoms with Crippen molar-refractivity contribution in [2.24, 2.45) is 5.92 Å². The summed E-state index contributed by atoms with van der Waals surface area (Å²) in [5.74, 6) is -1.47. The molecule has 2 saturated heterocycles. The molecule has 0 bridgehead atoms. The van der Waals surface area contributed by atoms with E-state index in [2.05, 4.69) is 33.2 Å². The first-order valence-corrected chi connectivity index (χ1v) is 11.2. The highest BCUT2D eigenvalue weighted by Crippen LogP contribution is 2.55. The fraction of sp³-hybridized carbons (Fsp3) is 0.409. The lowest BCUT2D eigenvalue weighted by molar-refractivity contribution is -0.156. The zero-order valence-corrected chi connectivity index (χ0v) is 19.5. The Morgan fingerprint density at radius 2 is 2.00 bits per heavy atom. The lowest BCUT2D eigenvalue weighted by Gasteiger charge is -2.39. The molecule has 9 heteroatoms. The first-order valence-electron chi connectivity index (χ1n) is 10.1. The molecular weight excluding hydrogens is 513 g/mol. The van der Waals surface area contributed by atoms with E-state index in [4.69, 9.17) is 9.47 Å². The summed E-state index contributed by atoms with van der Waals surface area (Å²) in [6.07, 6.45) is 0. The summed E-state index contributed by atoms with van der Waals surface area (Å²) in [4.78, 5) is 40.7. The molecule has 4 atom stereocenters. The van der Waals surface area contributed by atoms with E-state index < -0.39 is 17.6 Å². The molecule has 1 aromatic carbocycles. The number of piperazine rings is 1. The number of methoxy groups -OCH3 is 1. The molecule has 0 amide bonds. The Morgan fingerprint density at radius 3 is 2.65 bits per heavy atom. The van der Waals surface area contributed by atoms with E-state index in [0.717, 1.165) is 9.26 Å². The van der Waals surface area contributed by atoms with Crippen molar-refractivity contribution in [1.29, 1.82) is 0 Å². The molecule has 3 heterocycles. The van der Waals surface area contributed by atoms with Crippen LogP contribution in [-0.4, -0.2) is 60.5 Å². The zero-order chi connectivity index (χ0) is 22.1. The van der Waals surface area contributed by atoms with Gasteiger partial charge in [0.05, 0.1) is 23.4 Å². The van der Waals surface area contributed by atoms with Crippen LogP contribution in [0.1, 0.15) is 13.8 Å². The van der Waals surface area contributed by atoms with Crippen LogP contribution in [0.15, 0.2) is 46.8 Å². The van der Waals surface area contributed by atoms with Gasteiger partial charge in [-0.1, -0.05) is 0 Å². The highest BCUT2D eigenvalue weighted by Gasteiger charge is 2.72. The molecule has 5 rings (SSSR count). The van der Waals surface area contributed by atoms with Gasteiger partial charge in [-0.2, -0.15) is 0 Å². The minimum absolute atomic E-state index is 0.0295. The number of ketones is 2. The largest absolute Gasteiger partial charge is 0.465 e. The van der Waals surface area contributed by atoms with Crippen LogP contribution < -0.4 is 10.6 Å². The van der Waals surface area contributed by atoms with Gasteiger partial charge in [-0.25, -0.2) is 0 Å². The van der Waals surface area contributed by atoms with Gasteiger partial charge in [-0.3, -0.25) is 14.4 Å². The standard InChI is InChI=1S/C22H22IN3O5/c1-10-17(24-13-6-4-12(23)5-7-13)20(29)16-14(9-31-11(2)27)22(30-3)21-15(25-21)8-26(22)18(16)19(10)28/h4-7,14-15,21,24-25H,8-9H2,1-3H3/t14-,15+,21+,22-/m1/s1. The van der Waals surface area contributed by atoms with Gasteiger partial charge in [-0.05, 0) is 53.8 Å². The maximum Gasteiger partial charge on any atom is 0.302 e. The fourth-order valence-corrected chi connectivity index (χ4v) is 5.51. The van der Waals surface area contributed by atoms with Gasteiger partial charge < -0.3 is 25.0 Å². The van der Waals surface area contributed by atoms with Crippen molar-refractivity contribution < 1.29 is 23.9 Å². The maximum atomic E-state index is 13.7. The smallest absolute Gasteiger partial charge is 0.302 e. The first kappa shape index (κ1) is 20.7. The topological polar surface area (TPSA) is 107 Å². The number of fused-ring (bicyclic) bond motifs is 4. The number of ether oxygens (including phenoxy) is 2. The number of hydrogen-bond donors (Lipinski definition) is 2. The average Bonchev–Trinajstić information content (AvgIpc) is 3.35. The summed E-state index contributed by atoms with van der Waals surface area (Å²) in [6.45, 7) is 3.54. The monoisotopic (exact) mass is 535 g/mol. The number of esters is 1. The van der Waals surface area contributed by atoms with Crippen molar-refractivity contribution in [3.05, 3.63) is 50.4 Å². The quantitative estimate of drug-likeness (QED) is 0.254.